The second-order valence-corrected chi connectivity index (χ2v) is 7.27. The second-order valence-electron chi connectivity index (χ2n) is 6.83. The van der Waals surface area contributed by atoms with Crippen molar-refractivity contribution in [1.82, 2.24) is 10.7 Å². The van der Waals surface area contributed by atoms with Crippen molar-refractivity contribution in [3.63, 3.8) is 0 Å². The number of carbonyl (C=O) groups excluding carboxylic acids is 1. The van der Waals surface area contributed by atoms with Gasteiger partial charge in [-0.3, -0.25) is 4.79 Å². The van der Waals surface area contributed by atoms with Crippen LogP contribution < -0.4 is 15.5 Å². The van der Waals surface area contributed by atoms with E-state index < -0.39 is 6.10 Å². The largest absolute Gasteiger partial charge is 0.490 e. The van der Waals surface area contributed by atoms with Gasteiger partial charge in [-0.15, -0.1) is 0 Å². The van der Waals surface area contributed by atoms with Crippen LogP contribution in [0, 0.1) is 0 Å². The molecule has 2 rings (SSSR count). The molecule has 0 aromatic heterocycles. The Morgan fingerprint density at radius 2 is 2.17 bits per heavy atom. The maximum Gasteiger partial charge on any atom is 0.240 e. The van der Waals surface area contributed by atoms with Crippen molar-refractivity contribution in [3.05, 3.63) is 28.8 Å². The van der Waals surface area contributed by atoms with Crippen LogP contribution in [0.4, 0.5) is 0 Å². The number of carbonyl (C=O) groups is 1. The fourth-order valence-corrected chi connectivity index (χ4v) is 2.36. The van der Waals surface area contributed by atoms with Crippen molar-refractivity contribution in [2.75, 3.05) is 13.2 Å². The average Bonchev–Trinajstić information content (AvgIpc) is 2.52. The number of aliphatic hydroxyl groups excluding tert-OH is 1. The van der Waals surface area contributed by atoms with Crippen LogP contribution in [0.1, 0.15) is 39.2 Å². The number of hydrogen-bond acceptors (Lipinski definition) is 5. The van der Waals surface area contributed by atoms with Gasteiger partial charge in [-0.1, -0.05) is 11.6 Å². The first-order chi connectivity index (χ1) is 11.2. The van der Waals surface area contributed by atoms with E-state index in [0.29, 0.717) is 30.2 Å². The second kappa shape index (κ2) is 7.96. The van der Waals surface area contributed by atoms with Crippen LogP contribution in [-0.2, 0) is 4.79 Å². The fourth-order valence-electron chi connectivity index (χ4n) is 2.19. The number of halogens is 1. The number of rotatable bonds is 6. The number of β-amino-alcohol motifs (C(OH)–C–C–N with tert-alkyl or cyclic N) is 1. The number of nitrogens with zero attached hydrogens (tertiary/aromatic N) is 1. The Bertz CT molecular complexity index is 626. The zero-order chi connectivity index (χ0) is 17.7. The highest BCUT2D eigenvalue weighted by molar-refractivity contribution is 6.31. The normalized spacial score (nSPS) is 16.4. The Balaban J connectivity index is 2.04. The topological polar surface area (TPSA) is 82.9 Å². The molecule has 1 aromatic rings. The lowest BCUT2D eigenvalue weighted by Crippen LogP contribution is -2.42. The molecule has 1 amide bonds. The minimum Gasteiger partial charge on any atom is -0.490 e. The predicted octanol–water partition coefficient (Wildman–Crippen LogP) is 2.08. The Kier molecular flexibility index (Phi) is 6.21. The third kappa shape index (κ3) is 5.78. The van der Waals surface area contributed by atoms with E-state index in [0.717, 1.165) is 11.3 Å². The Morgan fingerprint density at radius 1 is 1.42 bits per heavy atom. The van der Waals surface area contributed by atoms with Crippen molar-refractivity contribution in [1.29, 1.82) is 0 Å². The summed E-state index contributed by atoms with van der Waals surface area (Å²) < 4.78 is 5.76. The summed E-state index contributed by atoms with van der Waals surface area (Å²) in [6, 6.07) is 5.23. The lowest BCUT2D eigenvalue weighted by Gasteiger charge is -2.23. The van der Waals surface area contributed by atoms with E-state index >= 15 is 0 Å². The number of hydrazone groups is 1. The summed E-state index contributed by atoms with van der Waals surface area (Å²) in [5.74, 6) is 0.482. The van der Waals surface area contributed by atoms with E-state index in [1.54, 1.807) is 18.2 Å². The first kappa shape index (κ1) is 18.7. The number of hydrogen-bond donors (Lipinski definition) is 3. The zero-order valence-corrected chi connectivity index (χ0v) is 15.0. The Labute approximate surface area is 147 Å². The summed E-state index contributed by atoms with van der Waals surface area (Å²) in [5, 5.41) is 17.9. The SMILES string of the molecule is CC(C)(C)NCC(O)COc1ccc(Cl)cc1C1=NNC(=O)CC1. The maximum atomic E-state index is 11.2. The van der Waals surface area contributed by atoms with Crippen molar-refractivity contribution >= 4 is 23.2 Å². The molecule has 0 saturated carbocycles. The summed E-state index contributed by atoms with van der Waals surface area (Å²) in [7, 11) is 0. The first-order valence-corrected chi connectivity index (χ1v) is 8.33. The van der Waals surface area contributed by atoms with Gasteiger partial charge in [-0.2, -0.15) is 5.10 Å². The van der Waals surface area contributed by atoms with Gasteiger partial charge in [0.2, 0.25) is 5.91 Å². The number of amides is 1. The standard InChI is InChI=1S/C17H24ClN3O3/c1-17(2,3)19-9-12(22)10-24-15-6-4-11(18)8-13(15)14-5-7-16(23)21-20-14/h4,6,8,12,19,22H,5,7,9-10H2,1-3H3,(H,21,23). The molecule has 1 aliphatic rings. The molecule has 0 radical (unpaired) electrons. The molecular formula is C17H24ClN3O3. The van der Waals surface area contributed by atoms with Crippen molar-refractivity contribution < 1.29 is 14.6 Å². The van der Waals surface area contributed by atoms with E-state index in [4.69, 9.17) is 16.3 Å². The molecule has 24 heavy (non-hydrogen) atoms. The molecular weight excluding hydrogens is 330 g/mol. The van der Waals surface area contributed by atoms with Gasteiger partial charge in [0.1, 0.15) is 18.5 Å². The lowest BCUT2D eigenvalue weighted by molar-refractivity contribution is -0.121. The van der Waals surface area contributed by atoms with Gasteiger partial charge in [0.05, 0.1) is 5.71 Å². The minimum atomic E-state index is -0.638. The first-order valence-electron chi connectivity index (χ1n) is 7.96. The molecule has 0 saturated heterocycles. The predicted molar refractivity (Wildman–Crippen MR) is 94.6 cm³/mol. The van der Waals surface area contributed by atoms with Gasteiger partial charge < -0.3 is 15.2 Å². The van der Waals surface area contributed by atoms with E-state index in [1.807, 2.05) is 20.8 Å². The van der Waals surface area contributed by atoms with E-state index in [9.17, 15) is 9.90 Å². The van der Waals surface area contributed by atoms with Gasteiger partial charge in [0.25, 0.3) is 0 Å². The van der Waals surface area contributed by atoms with Crippen LogP contribution in [0.5, 0.6) is 5.75 Å². The van der Waals surface area contributed by atoms with Gasteiger partial charge in [-0.05, 0) is 39.0 Å². The maximum absolute atomic E-state index is 11.2. The molecule has 0 spiro atoms. The van der Waals surface area contributed by atoms with Crippen molar-refractivity contribution in [3.8, 4) is 5.75 Å². The third-order valence-corrected chi connectivity index (χ3v) is 3.69. The molecule has 0 aliphatic carbocycles. The molecule has 0 fully saturated rings. The zero-order valence-electron chi connectivity index (χ0n) is 14.2. The van der Waals surface area contributed by atoms with Crippen LogP contribution in [0.2, 0.25) is 5.02 Å². The number of aliphatic hydroxyl groups is 1. The summed E-state index contributed by atoms with van der Waals surface area (Å²) in [5.41, 5.74) is 3.85. The summed E-state index contributed by atoms with van der Waals surface area (Å²) in [6.45, 7) is 6.69. The lowest BCUT2D eigenvalue weighted by atomic mass is 10.0. The number of benzene rings is 1. The number of ether oxygens (including phenoxy) is 1. The molecule has 7 heteroatoms. The van der Waals surface area contributed by atoms with Gasteiger partial charge >= 0.3 is 0 Å². The highest BCUT2D eigenvalue weighted by atomic mass is 35.5. The summed E-state index contributed by atoms with van der Waals surface area (Å²) in [6.07, 6.45) is 0.264. The molecule has 1 aliphatic heterocycles. The van der Waals surface area contributed by atoms with Crippen LogP contribution in [-0.4, -0.2) is 41.5 Å². The smallest absolute Gasteiger partial charge is 0.240 e. The van der Waals surface area contributed by atoms with Crippen LogP contribution >= 0.6 is 11.6 Å². The van der Waals surface area contributed by atoms with Crippen LogP contribution in [0.3, 0.4) is 0 Å². The van der Waals surface area contributed by atoms with Crippen LogP contribution in [0.25, 0.3) is 0 Å². The molecule has 1 aromatic carbocycles. The van der Waals surface area contributed by atoms with Crippen molar-refractivity contribution in [2.24, 2.45) is 5.10 Å². The van der Waals surface area contributed by atoms with Gasteiger partial charge in [0, 0.05) is 35.5 Å². The summed E-state index contributed by atoms with van der Waals surface area (Å²) >= 11 is 6.07. The molecule has 6 nitrogen and oxygen atoms in total. The van der Waals surface area contributed by atoms with E-state index in [2.05, 4.69) is 15.8 Å². The molecule has 1 atom stereocenters. The number of nitrogens with one attached hydrogen (secondary N) is 2. The third-order valence-electron chi connectivity index (χ3n) is 3.46. The highest BCUT2D eigenvalue weighted by Crippen LogP contribution is 2.26. The van der Waals surface area contributed by atoms with E-state index in [1.165, 1.54) is 0 Å². The van der Waals surface area contributed by atoms with Crippen molar-refractivity contribution in [2.45, 2.75) is 45.3 Å². The van der Waals surface area contributed by atoms with Gasteiger partial charge in [0.15, 0.2) is 0 Å². The van der Waals surface area contributed by atoms with Crippen LogP contribution in [0.15, 0.2) is 23.3 Å². The fraction of sp³-hybridized carbons (Fsp3) is 0.529. The average molecular weight is 354 g/mol. The Morgan fingerprint density at radius 3 is 2.79 bits per heavy atom. The summed E-state index contributed by atoms with van der Waals surface area (Å²) in [4.78, 5) is 11.2. The Hall–Kier alpha value is -1.63. The van der Waals surface area contributed by atoms with E-state index in [-0.39, 0.29) is 18.1 Å². The van der Waals surface area contributed by atoms with Gasteiger partial charge in [-0.25, -0.2) is 5.43 Å². The highest BCUT2D eigenvalue weighted by Gasteiger charge is 2.18. The molecule has 132 valence electrons. The molecule has 0 bridgehead atoms. The molecule has 3 N–H and O–H groups in total. The monoisotopic (exact) mass is 353 g/mol. The molecule has 1 heterocycles. The minimum absolute atomic E-state index is 0.0680. The quantitative estimate of drug-likeness (QED) is 0.731. The molecule has 1 unspecified atom stereocenters.